The van der Waals surface area contributed by atoms with E-state index >= 15 is 0 Å². The number of nitrogens with one attached hydrogen (secondary N) is 1. The fraction of sp³-hybridized carbons (Fsp3) is 0.538. The average Bonchev–Trinajstić information content (AvgIpc) is 2.25. The quantitative estimate of drug-likeness (QED) is 0.798. The van der Waals surface area contributed by atoms with Crippen LogP contribution in [0.15, 0.2) is 12.1 Å². The third-order valence-electron chi connectivity index (χ3n) is 3.13. The number of aliphatic hydroxyl groups is 1. The van der Waals surface area contributed by atoms with Gasteiger partial charge in [0.1, 0.15) is 5.82 Å². The summed E-state index contributed by atoms with van der Waals surface area (Å²) in [5, 5.41) is 12.8. The molecular weight excluding hydrogens is 243 g/mol. The van der Waals surface area contributed by atoms with Crippen molar-refractivity contribution in [3.05, 3.63) is 35.1 Å². The molecular formula is C13H18F3NO. The van der Waals surface area contributed by atoms with Crippen molar-refractivity contribution in [2.75, 3.05) is 6.54 Å². The lowest BCUT2D eigenvalue weighted by atomic mass is 9.92. The molecule has 2 N–H and O–H groups in total. The van der Waals surface area contributed by atoms with E-state index in [-0.39, 0.29) is 24.6 Å². The molecule has 0 fully saturated rings. The van der Waals surface area contributed by atoms with Crippen molar-refractivity contribution in [2.24, 2.45) is 5.92 Å². The monoisotopic (exact) mass is 261 g/mol. The molecule has 0 aliphatic carbocycles. The Bertz CT molecular complexity index is 419. The number of halogens is 3. The minimum absolute atomic E-state index is 0.0276. The largest absolute Gasteiger partial charge is 0.389 e. The van der Waals surface area contributed by atoms with Gasteiger partial charge >= 0.3 is 0 Å². The molecule has 0 saturated carbocycles. The van der Waals surface area contributed by atoms with E-state index in [9.17, 15) is 18.3 Å². The molecule has 0 amide bonds. The maximum absolute atomic E-state index is 13.3. The Balaban J connectivity index is 2.62. The molecule has 102 valence electrons. The Morgan fingerprint density at radius 2 is 1.72 bits per heavy atom. The zero-order valence-corrected chi connectivity index (χ0v) is 10.7. The lowest BCUT2D eigenvalue weighted by molar-refractivity contribution is 0.0139. The predicted molar refractivity (Wildman–Crippen MR) is 63.5 cm³/mol. The van der Waals surface area contributed by atoms with Gasteiger partial charge in [-0.2, -0.15) is 0 Å². The Kier molecular flexibility index (Phi) is 4.76. The van der Waals surface area contributed by atoms with Crippen molar-refractivity contribution in [3.63, 3.8) is 0 Å². The molecule has 2 nitrogen and oxygen atoms in total. The van der Waals surface area contributed by atoms with Crippen LogP contribution >= 0.6 is 0 Å². The summed E-state index contributed by atoms with van der Waals surface area (Å²) in [6.07, 6.45) is 0. The van der Waals surface area contributed by atoms with Crippen LogP contribution < -0.4 is 5.32 Å². The summed E-state index contributed by atoms with van der Waals surface area (Å²) in [6.45, 7) is 5.65. The molecule has 5 heteroatoms. The fourth-order valence-corrected chi connectivity index (χ4v) is 1.35. The Labute approximate surface area is 105 Å². The van der Waals surface area contributed by atoms with E-state index in [1.807, 2.05) is 13.8 Å². The van der Waals surface area contributed by atoms with Crippen molar-refractivity contribution < 1.29 is 18.3 Å². The highest BCUT2D eigenvalue weighted by molar-refractivity contribution is 5.19. The first-order valence-corrected chi connectivity index (χ1v) is 5.80. The zero-order valence-electron chi connectivity index (χ0n) is 10.7. The Morgan fingerprint density at radius 3 is 2.28 bits per heavy atom. The van der Waals surface area contributed by atoms with Gasteiger partial charge in [0, 0.05) is 24.7 Å². The van der Waals surface area contributed by atoms with E-state index in [0.29, 0.717) is 6.07 Å². The van der Waals surface area contributed by atoms with Crippen LogP contribution in [0, 0.1) is 23.4 Å². The molecule has 0 spiro atoms. The molecule has 1 unspecified atom stereocenters. The van der Waals surface area contributed by atoms with Crippen LogP contribution in [0.4, 0.5) is 13.2 Å². The first kappa shape index (κ1) is 15.0. The van der Waals surface area contributed by atoms with Crippen LogP contribution in [0.5, 0.6) is 0 Å². The van der Waals surface area contributed by atoms with E-state index in [0.717, 1.165) is 6.07 Å². The Hall–Kier alpha value is -1.07. The minimum Gasteiger partial charge on any atom is -0.389 e. The van der Waals surface area contributed by atoms with Crippen LogP contribution in [-0.4, -0.2) is 17.3 Å². The van der Waals surface area contributed by atoms with E-state index in [4.69, 9.17) is 0 Å². The van der Waals surface area contributed by atoms with Crippen LogP contribution in [0.25, 0.3) is 0 Å². The number of hydrogen-bond donors (Lipinski definition) is 2. The van der Waals surface area contributed by atoms with Gasteiger partial charge in [0.2, 0.25) is 0 Å². The third-order valence-corrected chi connectivity index (χ3v) is 3.13. The van der Waals surface area contributed by atoms with Crippen LogP contribution in [0.2, 0.25) is 0 Å². The van der Waals surface area contributed by atoms with Crippen LogP contribution in [0.1, 0.15) is 26.3 Å². The fourth-order valence-electron chi connectivity index (χ4n) is 1.35. The third kappa shape index (κ3) is 3.71. The highest BCUT2D eigenvalue weighted by Gasteiger charge is 2.24. The number of benzene rings is 1. The molecule has 0 aliphatic heterocycles. The summed E-state index contributed by atoms with van der Waals surface area (Å²) in [6, 6.07) is 1.34. The summed E-state index contributed by atoms with van der Waals surface area (Å²) in [5.41, 5.74) is -0.900. The minimum atomic E-state index is -1.20. The van der Waals surface area contributed by atoms with E-state index < -0.39 is 23.1 Å². The standard InChI is InChI=1S/C13H18F3NO/c1-8(2)13(3,18)7-17-6-9-4-11(15)12(16)5-10(9)14/h4-5,8,17-18H,6-7H2,1-3H3. The molecule has 1 atom stereocenters. The summed E-state index contributed by atoms with van der Waals surface area (Å²) < 4.78 is 38.9. The first-order valence-electron chi connectivity index (χ1n) is 5.80. The molecule has 1 rings (SSSR count). The van der Waals surface area contributed by atoms with Crippen molar-refractivity contribution in [2.45, 2.75) is 32.9 Å². The van der Waals surface area contributed by atoms with Gasteiger partial charge in [-0.1, -0.05) is 13.8 Å². The SMILES string of the molecule is CC(C)C(C)(O)CNCc1cc(F)c(F)cc1F. The summed E-state index contributed by atoms with van der Waals surface area (Å²) in [5.74, 6) is -3.06. The molecule has 0 aliphatic rings. The smallest absolute Gasteiger partial charge is 0.161 e. The molecule has 0 bridgehead atoms. The molecule has 0 radical (unpaired) electrons. The highest BCUT2D eigenvalue weighted by atomic mass is 19.2. The lowest BCUT2D eigenvalue weighted by Crippen LogP contribution is -2.42. The van der Waals surface area contributed by atoms with Gasteiger partial charge < -0.3 is 10.4 Å². The van der Waals surface area contributed by atoms with Crippen molar-refractivity contribution >= 4 is 0 Å². The molecule has 0 heterocycles. The van der Waals surface area contributed by atoms with E-state index in [1.54, 1.807) is 6.92 Å². The van der Waals surface area contributed by atoms with Crippen molar-refractivity contribution in [1.82, 2.24) is 5.32 Å². The van der Waals surface area contributed by atoms with Gasteiger partial charge in [-0.25, -0.2) is 13.2 Å². The second-order valence-electron chi connectivity index (χ2n) is 4.97. The van der Waals surface area contributed by atoms with E-state index in [2.05, 4.69) is 5.32 Å². The summed E-state index contributed by atoms with van der Waals surface area (Å²) >= 11 is 0. The second-order valence-corrected chi connectivity index (χ2v) is 4.97. The molecule has 1 aromatic rings. The summed E-state index contributed by atoms with van der Waals surface area (Å²) in [4.78, 5) is 0. The molecule has 1 aromatic carbocycles. The van der Waals surface area contributed by atoms with Crippen molar-refractivity contribution in [3.8, 4) is 0 Å². The van der Waals surface area contributed by atoms with Crippen LogP contribution in [-0.2, 0) is 6.54 Å². The average molecular weight is 261 g/mol. The first-order chi connectivity index (χ1) is 8.24. The van der Waals surface area contributed by atoms with Gasteiger partial charge in [-0.15, -0.1) is 0 Å². The normalized spacial score (nSPS) is 14.9. The molecule has 18 heavy (non-hydrogen) atoms. The van der Waals surface area contributed by atoms with Gasteiger partial charge in [-0.05, 0) is 18.9 Å². The van der Waals surface area contributed by atoms with Gasteiger partial charge in [0.15, 0.2) is 11.6 Å². The van der Waals surface area contributed by atoms with Crippen LogP contribution in [0.3, 0.4) is 0 Å². The lowest BCUT2D eigenvalue weighted by Gasteiger charge is -2.28. The maximum Gasteiger partial charge on any atom is 0.161 e. The predicted octanol–water partition coefficient (Wildman–Crippen LogP) is 2.60. The van der Waals surface area contributed by atoms with Gasteiger partial charge in [0.05, 0.1) is 5.60 Å². The van der Waals surface area contributed by atoms with E-state index in [1.165, 1.54) is 0 Å². The molecule has 0 saturated heterocycles. The molecule has 0 aromatic heterocycles. The Morgan fingerprint density at radius 1 is 1.17 bits per heavy atom. The van der Waals surface area contributed by atoms with Gasteiger partial charge in [-0.3, -0.25) is 0 Å². The topological polar surface area (TPSA) is 32.3 Å². The van der Waals surface area contributed by atoms with Gasteiger partial charge in [0.25, 0.3) is 0 Å². The number of rotatable bonds is 5. The zero-order chi connectivity index (χ0) is 13.9. The highest BCUT2D eigenvalue weighted by Crippen LogP contribution is 2.16. The number of hydrogen-bond acceptors (Lipinski definition) is 2. The maximum atomic E-state index is 13.3. The summed E-state index contributed by atoms with van der Waals surface area (Å²) in [7, 11) is 0. The second kappa shape index (κ2) is 5.71. The van der Waals surface area contributed by atoms with Crippen molar-refractivity contribution in [1.29, 1.82) is 0 Å².